The van der Waals surface area contributed by atoms with Crippen LogP contribution in [0.1, 0.15) is 30.4 Å². The minimum atomic E-state index is -0.960. The Morgan fingerprint density at radius 2 is 2.14 bits per heavy atom. The molecule has 1 saturated carbocycles. The van der Waals surface area contributed by atoms with Crippen molar-refractivity contribution in [3.8, 4) is 0 Å². The van der Waals surface area contributed by atoms with Crippen LogP contribution >= 0.6 is 34.4 Å². The lowest BCUT2D eigenvalue weighted by Crippen LogP contribution is -2.20. The third kappa shape index (κ3) is 7.94. The first-order valence-corrected chi connectivity index (χ1v) is 12.6. The van der Waals surface area contributed by atoms with Crippen molar-refractivity contribution >= 4 is 34.4 Å². The van der Waals surface area contributed by atoms with Crippen molar-refractivity contribution in [3.63, 3.8) is 0 Å². The van der Waals surface area contributed by atoms with Crippen molar-refractivity contribution in [2.45, 2.75) is 50.7 Å². The highest BCUT2D eigenvalue weighted by atomic mass is 127. The van der Waals surface area contributed by atoms with Gasteiger partial charge < -0.3 is 14.9 Å². The minimum Gasteiger partial charge on any atom is -0.392 e. The van der Waals surface area contributed by atoms with Gasteiger partial charge in [-0.2, -0.15) is 11.8 Å². The first kappa shape index (κ1) is 24.1. The van der Waals surface area contributed by atoms with Crippen molar-refractivity contribution in [2.24, 2.45) is 11.8 Å². The number of hydrogen-bond acceptors (Lipinski definition) is 4. The SMILES string of the molecule is COCc1cccc(C[C@H](O)/C=C/[C@@H]2C(CCSCCCI)[C@H](F)C[C@H]2O)c1. The van der Waals surface area contributed by atoms with Crippen LogP contribution in [0.3, 0.4) is 0 Å². The number of halogens is 2. The van der Waals surface area contributed by atoms with E-state index in [1.54, 1.807) is 13.2 Å². The van der Waals surface area contributed by atoms with Crippen LogP contribution in [0.25, 0.3) is 0 Å². The molecule has 6 heteroatoms. The van der Waals surface area contributed by atoms with Crippen LogP contribution in [0.5, 0.6) is 0 Å². The zero-order valence-electron chi connectivity index (χ0n) is 16.5. The van der Waals surface area contributed by atoms with Gasteiger partial charge in [-0.05, 0) is 41.4 Å². The lowest BCUT2D eigenvalue weighted by Gasteiger charge is -2.20. The van der Waals surface area contributed by atoms with E-state index in [1.807, 2.05) is 42.1 Å². The molecule has 0 aromatic heterocycles. The fourth-order valence-electron chi connectivity index (χ4n) is 3.79. The van der Waals surface area contributed by atoms with Crippen LogP contribution in [-0.4, -0.2) is 51.6 Å². The molecule has 0 radical (unpaired) electrons. The fourth-order valence-corrected chi connectivity index (χ4v) is 5.68. The molecule has 0 saturated heterocycles. The highest BCUT2D eigenvalue weighted by molar-refractivity contribution is 14.1. The summed E-state index contributed by atoms with van der Waals surface area (Å²) in [5, 5.41) is 20.7. The van der Waals surface area contributed by atoms with Gasteiger partial charge in [-0.3, -0.25) is 0 Å². The van der Waals surface area contributed by atoms with Gasteiger partial charge in [0.1, 0.15) is 6.17 Å². The number of methoxy groups -OCH3 is 1. The maximum atomic E-state index is 14.4. The lowest BCUT2D eigenvalue weighted by atomic mass is 9.90. The smallest absolute Gasteiger partial charge is 0.106 e. The molecule has 3 nitrogen and oxygen atoms in total. The molecule has 1 aromatic carbocycles. The van der Waals surface area contributed by atoms with Gasteiger partial charge in [0.15, 0.2) is 0 Å². The topological polar surface area (TPSA) is 49.7 Å². The van der Waals surface area contributed by atoms with Crippen LogP contribution in [-0.2, 0) is 17.8 Å². The number of alkyl halides is 2. The second kappa shape index (κ2) is 13.2. The van der Waals surface area contributed by atoms with E-state index >= 15 is 0 Å². The first-order chi connectivity index (χ1) is 13.5. The second-order valence-electron chi connectivity index (χ2n) is 7.41. The van der Waals surface area contributed by atoms with Gasteiger partial charge in [0.2, 0.25) is 0 Å². The normalized spacial score (nSPS) is 26.2. The molecule has 1 aliphatic rings. The third-order valence-corrected chi connectivity index (χ3v) is 7.05. The van der Waals surface area contributed by atoms with Crippen LogP contribution in [0.15, 0.2) is 36.4 Å². The number of rotatable bonds is 12. The monoisotopic (exact) mass is 522 g/mol. The van der Waals surface area contributed by atoms with Crippen LogP contribution < -0.4 is 0 Å². The highest BCUT2D eigenvalue weighted by Gasteiger charge is 2.40. The summed E-state index contributed by atoms with van der Waals surface area (Å²) in [5.41, 5.74) is 2.10. The van der Waals surface area contributed by atoms with Gasteiger partial charge >= 0.3 is 0 Å². The Morgan fingerprint density at radius 1 is 1.36 bits per heavy atom. The Hall–Kier alpha value is -0.150. The summed E-state index contributed by atoms with van der Waals surface area (Å²) in [6.45, 7) is 0.545. The predicted octanol–water partition coefficient (Wildman–Crippen LogP) is 4.58. The van der Waals surface area contributed by atoms with E-state index in [-0.39, 0.29) is 18.3 Å². The van der Waals surface area contributed by atoms with E-state index in [1.165, 1.54) is 6.42 Å². The van der Waals surface area contributed by atoms with Crippen molar-refractivity contribution in [3.05, 3.63) is 47.5 Å². The second-order valence-corrected chi connectivity index (χ2v) is 9.72. The molecule has 0 bridgehead atoms. The summed E-state index contributed by atoms with van der Waals surface area (Å²) in [5.74, 6) is 1.66. The Labute approximate surface area is 186 Å². The molecule has 2 rings (SSSR count). The fraction of sp³-hybridized carbons (Fsp3) is 0.636. The van der Waals surface area contributed by atoms with Crippen molar-refractivity contribution in [2.75, 3.05) is 23.0 Å². The molecule has 2 N–H and O–H groups in total. The molecule has 0 amide bonds. The number of aliphatic hydroxyl groups excluding tert-OH is 2. The maximum Gasteiger partial charge on any atom is 0.106 e. The van der Waals surface area contributed by atoms with E-state index in [9.17, 15) is 14.6 Å². The Morgan fingerprint density at radius 3 is 2.89 bits per heavy atom. The van der Waals surface area contributed by atoms with Crippen molar-refractivity contribution < 1.29 is 19.3 Å². The molecule has 0 spiro atoms. The number of benzene rings is 1. The van der Waals surface area contributed by atoms with Crippen molar-refractivity contribution in [1.29, 1.82) is 0 Å². The number of aliphatic hydroxyl groups is 2. The zero-order chi connectivity index (χ0) is 20.4. The molecule has 5 atom stereocenters. The minimum absolute atomic E-state index is 0.157. The quantitative estimate of drug-likeness (QED) is 0.183. The summed E-state index contributed by atoms with van der Waals surface area (Å²) in [4.78, 5) is 0. The van der Waals surface area contributed by atoms with E-state index in [0.717, 1.165) is 33.5 Å². The lowest BCUT2D eigenvalue weighted by molar-refractivity contribution is 0.139. The van der Waals surface area contributed by atoms with Crippen LogP contribution in [0.2, 0.25) is 0 Å². The molecule has 158 valence electrons. The van der Waals surface area contributed by atoms with E-state index in [4.69, 9.17) is 4.74 Å². The van der Waals surface area contributed by atoms with E-state index in [0.29, 0.717) is 13.0 Å². The van der Waals surface area contributed by atoms with Gasteiger partial charge in [0.25, 0.3) is 0 Å². The molecular formula is C22H32FIO3S. The first-order valence-electron chi connectivity index (χ1n) is 9.94. The predicted molar refractivity (Wildman–Crippen MR) is 124 cm³/mol. The Kier molecular flexibility index (Phi) is 11.4. The molecule has 1 aromatic rings. The van der Waals surface area contributed by atoms with Crippen LogP contribution in [0, 0.1) is 11.8 Å². The van der Waals surface area contributed by atoms with Gasteiger partial charge in [-0.1, -0.05) is 59.0 Å². The standard InChI is InChI=1S/C22H32FIO3S/c1-27-15-17-5-2-4-16(12-17)13-18(25)6-7-20-19(21(23)14-22(20)26)8-11-28-10-3-9-24/h2,4-7,12,18-22,25-26H,3,8-11,13-15H2,1H3/b7-6+/t18-,19?,20-,21-,22-/m1/s1. The molecular weight excluding hydrogens is 490 g/mol. The van der Waals surface area contributed by atoms with Crippen LogP contribution in [0.4, 0.5) is 4.39 Å². The molecule has 28 heavy (non-hydrogen) atoms. The number of hydrogen-bond donors (Lipinski definition) is 2. The van der Waals surface area contributed by atoms with E-state index in [2.05, 4.69) is 22.6 Å². The molecule has 0 aliphatic heterocycles. The third-order valence-electron chi connectivity index (χ3n) is 5.19. The Balaban J connectivity index is 1.89. The zero-order valence-corrected chi connectivity index (χ0v) is 19.4. The number of ether oxygens (including phenoxy) is 1. The molecule has 0 heterocycles. The molecule has 1 aliphatic carbocycles. The summed E-state index contributed by atoms with van der Waals surface area (Å²) in [6, 6.07) is 7.96. The Bertz CT molecular complexity index is 601. The summed E-state index contributed by atoms with van der Waals surface area (Å²) >= 11 is 4.24. The van der Waals surface area contributed by atoms with Gasteiger partial charge in [-0.25, -0.2) is 4.39 Å². The molecule has 1 fully saturated rings. The van der Waals surface area contributed by atoms with Gasteiger partial charge in [0, 0.05) is 30.3 Å². The average molecular weight is 522 g/mol. The molecule has 1 unspecified atom stereocenters. The summed E-state index contributed by atoms with van der Waals surface area (Å²) < 4.78 is 20.7. The highest BCUT2D eigenvalue weighted by Crippen LogP contribution is 2.38. The maximum absolute atomic E-state index is 14.4. The largest absolute Gasteiger partial charge is 0.392 e. The average Bonchev–Trinajstić information content (AvgIpc) is 2.93. The van der Waals surface area contributed by atoms with Crippen molar-refractivity contribution in [1.82, 2.24) is 0 Å². The summed E-state index contributed by atoms with van der Waals surface area (Å²) in [6.07, 6.45) is 3.94. The van der Waals surface area contributed by atoms with Gasteiger partial charge in [0.05, 0.1) is 18.8 Å². The number of thioether (sulfide) groups is 1. The van der Waals surface area contributed by atoms with E-state index < -0.39 is 18.4 Å². The summed E-state index contributed by atoms with van der Waals surface area (Å²) in [7, 11) is 1.66. The van der Waals surface area contributed by atoms with Gasteiger partial charge in [-0.15, -0.1) is 0 Å².